The molecule has 1 heterocycles. The summed E-state index contributed by atoms with van der Waals surface area (Å²) in [6, 6.07) is 14.4. The Morgan fingerprint density at radius 1 is 1.22 bits per heavy atom. The highest BCUT2D eigenvalue weighted by Gasteiger charge is 2.55. The molecule has 0 spiro atoms. The quantitative estimate of drug-likeness (QED) is 0.474. The third kappa shape index (κ3) is 3.55. The Balaban J connectivity index is 1.48. The van der Waals surface area contributed by atoms with Crippen LogP contribution in [0.5, 0.6) is 5.75 Å². The van der Waals surface area contributed by atoms with Crippen LogP contribution in [0.15, 0.2) is 59.1 Å². The van der Waals surface area contributed by atoms with Crippen molar-refractivity contribution in [2.75, 3.05) is 6.61 Å². The molecule has 0 radical (unpaired) electrons. The number of halogens is 1. The number of cyclic esters (lactones) is 1. The van der Waals surface area contributed by atoms with Crippen LogP contribution in [0.1, 0.15) is 29.5 Å². The number of allylic oxidation sites excluding steroid dienone is 1. The van der Waals surface area contributed by atoms with Crippen LogP contribution in [-0.2, 0) is 22.6 Å². The first-order valence-corrected chi connectivity index (χ1v) is 10.1. The van der Waals surface area contributed by atoms with Crippen LogP contribution < -0.4 is 4.74 Å². The highest BCUT2D eigenvalue weighted by atomic mass is 79.9. The molecular weight excluding hydrogens is 404 g/mol. The molecule has 27 heavy (non-hydrogen) atoms. The van der Waals surface area contributed by atoms with Crippen LogP contribution in [0.25, 0.3) is 0 Å². The number of rotatable bonds is 5. The van der Waals surface area contributed by atoms with Crippen LogP contribution in [0.3, 0.4) is 0 Å². The molecule has 1 aliphatic heterocycles. The summed E-state index contributed by atoms with van der Waals surface area (Å²) in [5, 5.41) is 0. The van der Waals surface area contributed by atoms with Crippen molar-refractivity contribution >= 4 is 21.9 Å². The van der Waals surface area contributed by atoms with Gasteiger partial charge in [0.05, 0.1) is 16.5 Å². The highest BCUT2D eigenvalue weighted by molar-refractivity contribution is 9.10. The molecule has 2 fully saturated rings. The third-order valence-electron chi connectivity index (χ3n) is 5.73. The molecule has 0 aromatic heterocycles. The molecule has 2 aromatic carbocycles. The zero-order valence-corrected chi connectivity index (χ0v) is 17.1. The Bertz CT molecular complexity index is 887. The minimum Gasteiger partial charge on any atom is -0.488 e. The van der Waals surface area contributed by atoms with Crippen molar-refractivity contribution in [1.29, 1.82) is 0 Å². The lowest BCUT2D eigenvalue weighted by molar-refractivity contribution is -0.146. The summed E-state index contributed by atoms with van der Waals surface area (Å²) in [6.07, 6.45) is 2.32. The maximum Gasteiger partial charge on any atom is 0.313 e. The predicted octanol–water partition coefficient (Wildman–Crippen LogP) is 5.39. The lowest BCUT2D eigenvalue weighted by Gasteiger charge is -2.24. The van der Waals surface area contributed by atoms with Gasteiger partial charge in [-0.2, -0.15) is 0 Å². The standard InChI is InChI=1S/C23H23BrO3/c1-15-3-5-17(6-4-15)13-26-21-8-7-18(10-20(21)24)12-23-11-16(2)9-19(23)14-27-22(23)25/h3-8,10,19H,2,9,11-14H2,1H3. The van der Waals surface area contributed by atoms with Crippen LogP contribution in [-0.4, -0.2) is 12.6 Å². The Morgan fingerprint density at radius 2 is 1.96 bits per heavy atom. The number of hydrogen-bond donors (Lipinski definition) is 0. The van der Waals surface area contributed by atoms with Gasteiger partial charge in [-0.05, 0) is 65.4 Å². The number of aryl methyl sites for hydroxylation is 1. The lowest BCUT2D eigenvalue weighted by atomic mass is 9.75. The largest absolute Gasteiger partial charge is 0.488 e. The van der Waals surface area contributed by atoms with E-state index in [1.54, 1.807) is 0 Å². The number of ether oxygens (including phenoxy) is 2. The number of carbonyl (C=O) groups excluding carboxylic acids is 1. The number of hydrogen-bond acceptors (Lipinski definition) is 3. The molecule has 4 heteroatoms. The van der Waals surface area contributed by atoms with Crippen LogP contribution in [0.2, 0.25) is 0 Å². The topological polar surface area (TPSA) is 35.5 Å². The van der Waals surface area contributed by atoms with Crippen molar-refractivity contribution < 1.29 is 14.3 Å². The molecule has 0 bridgehead atoms. The molecule has 140 valence electrons. The van der Waals surface area contributed by atoms with Crippen molar-refractivity contribution in [3.8, 4) is 5.75 Å². The van der Waals surface area contributed by atoms with E-state index in [9.17, 15) is 4.79 Å². The van der Waals surface area contributed by atoms with Gasteiger partial charge in [-0.1, -0.05) is 48.0 Å². The second-order valence-electron chi connectivity index (χ2n) is 7.80. The van der Waals surface area contributed by atoms with Crippen molar-refractivity contribution in [3.63, 3.8) is 0 Å². The smallest absolute Gasteiger partial charge is 0.313 e. The lowest BCUT2D eigenvalue weighted by Crippen LogP contribution is -2.31. The van der Waals surface area contributed by atoms with Crippen LogP contribution in [0, 0.1) is 18.3 Å². The van der Waals surface area contributed by atoms with Gasteiger partial charge in [-0.3, -0.25) is 4.79 Å². The third-order valence-corrected chi connectivity index (χ3v) is 6.35. The summed E-state index contributed by atoms with van der Waals surface area (Å²) in [7, 11) is 0. The first-order chi connectivity index (χ1) is 13.0. The number of esters is 1. The van der Waals surface area contributed by atoms with Gasteiger partial charge in [0, 0.05) is 5.92 Å². The van der Waals surface area contributed by atoms with Gasteiger partial charge in [-0.25, -0.2) is 0 Å². The minimum absolute atomic E-state index is 0.0676. The van der Waals surface area contributed by atoms with E-state index in [-0.39, 0.29) is 11.9 Å². The summed E-state index contributed by atoms with van der Waals surface area (Å²) >= 11 is 3.62. The minimum atomic E-state index is -0.430. The van der Waals surface area contributed by atoms with Crippen molar-refractivity contribution in [3.05, 3.63) is 75.8 Å². The number of benzene rings is 2. The van der Waals surface area contributed by atoms with Gasteiger partial charge in [0.15, 0.2) is 0 Å². The average Bonchev–Trinajstić information content (AvgIpc) is 3.10. The normalized spacial score (nSPS) is 24.0. The molecule has 2 unspecified atom stereocenters. The predicted molar refractivity (Wildman–Crippen MR) is 109 cm³/mol. The van der Waals surface area contributed by atoms with E-state index in [2.05, 4.69) is 59.8 Å². The maximum atomic E-state index is 12.5. The van der Waals surface area contributed by atoms with E-state index in [0.29, 0.717) is 19.6 Å². The fourth-order valence-corrected chi connectivity index (χ4v) is 4.78. The molecule has 1 saturated carbocycles. The summed E-state index contributed by atoms with van der Waals surface area (Å²) in [5.74, 6) is 0.994. The van der Waals surface area contributed by atoms with Crippen LogP contribution >= 0.6 is 15.9 Å². The summed E-state index contributed by atoms with van der Waals surface area (Å²) in [6.45, 7) is 7.23. The molecule has 3 nitrogen and oxygen atoms in total. The van der Waals surface area contributed by atoms with Crippen LogP contribution in [0.4, 0.5) is 0 Å². The van der Waals surface area contributed by atoms with E-state index >= 15 is 0 Å². The summed E-state index contributed by atoms with van der Waals surface area (Å²) < 4.78 is 12.2. The zero-order valence-electron chi connectivity index (χ0n) is 15.5. The fraction of sp³-hybridized carbons (Fsp3) is 0.348. The van der Waals surface area contributed by atoms with Gasteiger partial charge >= 0.3 is 5.97 Å². The summed E-state index contributed by atoms with van der Waals surface area (Å²) in [4.78, 5) is 12.5. The Labute approximate surface area is 168 Å². The van der Waals surface area contributed by atoms with E-state index in [1.807, 2.05) is 12.1 Å². The first-order valence-electron chi connectivity index (χ1n) is 9.27. The first kappa shape index (κ1) is 18.3. The Hall–Kier alpha value is -2.07. The SMILES string of the molecule is C=C1CC2COC(=O)C2(Cc2ccc(OCc3ccc(C)cc3)c(Br)c2)C1. The molecule has 1 saturated heterocycles. The Morgan fingerprint density at radius 3 is 2.70 bits per heavy atom. The molecule has 4 rings (SSSR count). The molecule has 2 aromatic rings. The van der Waals surface area contributed by atoms with E-state index < -0.39 is 5.41 Å². The monoisotopic (exact) mass is 426 g/mol. The van der Waals surface area contributed by atoms with Gasteiger partial charge in [0.25, 0.3) is 0 Å². The number of fused-ring (bicyclic) bond motifs is 1. The second kappa shape index (κ2) is 7.16. The van der Waals surface area contributed by atoms with Crippen molar-refractivity contribution in [2.24, 2.45) is 11.3 Å². The van der Waals surface area contributed by atoms with Gasteiger partial charge in [0.1, 0.15) is 12.4 Å². The fourth-order valence-electron chi connectivity index (χ4n) is 4.24. The molecule has 0 N–H and O–H groups in total. The van der Waals surface area contributed by atoms with Crippen molar-refractivity contribution in [2.45, 2.75) is 32.8 Å². The summed E-state index contributed by atoms with van der Waals surface area (Å²) in [5.41, 5.74) is 4.22. The maximum absolute atomic E-state index is 12.5. The van der Waals surface area contributed by atoms with E-state index in [0.717, 1.165) is 39.8 Å². The highest BCUT2D eigenvalue weighted by Crippen LogP contribution is 2.52. The zero-order chi connectivity index (χ0) is 19.0. The van der Waals surface area contributed by atoms with Crippen molar-refractivity contribution in [1.82, 2.24) is 0 Å². The number of carbonyl (C=O) groups is 1. The van der Waals surface area contributed by atoms with E-state index in [4.69, 9.17) is 9.47 Å². The molecule has 0 amide bonds. The molecular formula is C23H23BrO3. The molecule has 2 aliphatic rings. The van der Waals surface area contributed by atoms with E-state index in [1.165, 1.54) is 5.56 Å². The molecule has 1 aliphatic carbocycles. The average molecular weight is 427 g/mol. The van der Waals surface area contributed by atoms with Gasteiger partial charge < -0.3 is 9.47 Å². The van der Waals surface area contributed by atoms with Gasteiger partial charge in [0.2, 0.25) is 0 Å². The second-order valence-corrected chi connectivity index (χ2v) is 8.65. The Kier molecular flexibility index (Phi) is 4.85. The van der Waals surface area contributed by atoms with Gasteiger partial charge in [-0.15, -0.1) is 0 Å². The molecule has 2 atom stereocenters.